The first-order chi connectivity index (χ1) is 5.72. The predicted octanol–water partition coefficient (Wildman–Crippen LogP) is 2.88. The van der Waals surface area contributed by atoms with Crippen LogP contribution in [0.25, 0.3) is 0 Å². The van der Waals surface area contributed by atoms with Gasteiger partial charge in [0.1, 0.15) is 4.83 Å². The van der Waals surface area contributed by atoms with Crippen molar-refractivity contribution in [3.05, 3.63) is 0 Å². The largest absolute Gasteiger partial charge is 0.465 e. The van der Waals surface area contributed by atoms with E-state index in [0.717, 1.165) is 19.3 Å². The molecule has 0 unspecified atom stereocenters. The number of carbonyl (C=O) groups is 1. The van der Waals surface area contributed by atoms with Gasteiger partial charge in [-0.1, -0.05) is 51.6 Å². The summed E-state index contributed by atoms with van der Waals surface area (Å²) in [6.45, 7) is 2.66. The van der Waals surface area contributed by atoms with E-state index in [1.54, 1.807) is 0 Å². The van der Waals surface area contributed by atoms with Gasteiger partial charge in [0.25, 0.3) is 0 Å². The van der Waals surface area contributed by atoms with E-state index in [2.05, 4.69) is 38.8 Å². The molecule has 12 heavy (non-hydrogen) atoms. The van der Waals surface area contributed by atoms with Gasteiger partial charge in [-0.05, 0) is 6.42 Å². The first-order valence-electron chi connectivity index (χ1n) is 4.09. The maximum atomic E-state index is 11.0. The fourth-order valence-electron chi connectivity index (χ4n) is 0.678. The van der Waals surface area contributed by atoms with Gasteiger partial charge in [0, 0.05) is 5.33 Å². The Morgan fingerprint density at radius 3 is 2.67 bits per heavy atom. The number of carbonyl (C=O) groups excluding carboxylic acids is 1. The summed E-state index contributed by atoms with van der Waals surface area (Å²) in [5, 5.41) is 0.597. The third kappa shape index (κ3) is 6.00. The number of ether oxygens (including phenoxy) is 1. The molecule has 0 fully saturated rings. The smallest absolute Gasteiger partial charge is 0.320 e. The zero-order chi connectivity index (χ0) is 9.40. The second-order valence-electron chi connectivity index (χ2n) is 2.50. The summed E-state index contributed by atoms with van der Waals surface area (Å²) in [6, 6.07) is 0. The second-order valence-corrected chi connectivity index (χ2v) is 4.25. The van der Waals surface area contributed by atoms with E-state index in [0.29, 0.717) is 11.9 Å². The van der Waals surface area contributed by atoms with Crippen LogP contribution in [0.5, 0.6) is 0 Å². The summed E-state index contributed by atoms with van der Waals surface area (Å²) < 4.78 is 4.98. The normalized spacial score (nSPS) is 12.6. The van der Waals surface area contributed by atoms with E-state index in [1.807, 2.05) is 0 Å². The van der Waals surface area contributed by atoms with E-state index in [4.69, 9.17) is 4.74 Å². The number of hydrogen-bond acceptors (Lipinski definition) is 2. The van der Waals surface area contributed by atoms with Crippen LogP contribution in [0, 0.1) is 0 Å². The summed E-state index contributed by atoms with van der Waals surface area (Å²) >= 11 is 6.38. The summed E-state index contributed by atoms with van der Waals surface area (Å²) in [4.78, 5) is 10.8. The lowest BCUT2D eigenvalue weighted by atomic mass is 10.3. The molecule has 2 nitrogen and oxygen atoms in total. The van der Waals surface area contributed by atoms with Crippen molar-refractivity contribution >= 4 is 37.8 Å². The van der Waals surface area contributed by atoms with Gasteiger partial charge in [0.05, 0.1) is 6.61 Å². The molecule has 0 spiro atoms. The minimum absolute atomic E-state index is 0.178. The Labute approximate surface area is 90.3 Å². The van der Waals surface area contributed by atoms with Crippen LogP contribution in [0.3, 0.4) is 0 Å². The number of alkyl halides is 2. The van der Waals surface area contributed by atoms with Crippen molar-refractivity contribution < 1.29 is 9.53 Å². The van der Waals surface area contributed by atoms with Gasteiger partial charge in [0.15, 0.2) is 0 Å². The number of unbranched alkanes of at least 4 members (excludes halogenated alkanes) is 2. The van der Waals surface area contributed by atoms with Crippen LogP contribution in [0.15, 0.2) is 0 Å². The fraction of sp³-hybridized carbons (Fsp3) is 0.875. The highest BCUT2D eigenvalue weighted by Crippen LogP contribution is 2.06. The summed E-state index contributed by atoms with van der Waals surface area (Å²) in [6.07, 6.45) is 3.23. The third-order valence-electron chi connectivity index (χ3n) is 1.38. The number of halogens is 2. The zero-order valence-electron chi connectivity index (χ0n) is 7.19. The lowest BCUT2D eigenvalue weighted by Crippen LogP contribution is -2.19. The molecule has 0 amide bonds. The molecule has 0 aliphatic rings. The molecule has 4 heteroatoms. The molecular formula is C8H14Br2O2. The molecule has 0 bridgehead atoms. The van der Waals surface area contributed by atoms with Gasteiger partial charge in [0.2, 0.25) is 0 Å². The monoisotopic (exact) mass is 300 g/mol. The molecule has 0 saturated heterocycles. The van der Waals surface area contributed by atoms with E-state index >= 15 is 0 Å². The van der Waals surface area contributed by atoms with Crippen molar-refractivity contribution in [1.29, 1.82) is 0 Å². The first kappa shape index (κ1) is 12.4. The Kier molecular flexibility index (Phi) is 8.34. The van der Waals surface area contributed by atoms with Gasteiger partial charge in [-0.15, -0.1) is 0 Å². The summed E-state index contributed by atoms with van der Waals surface area (Å²) in [7, 11) is 0. The Morgan fingerprint density at radius 1 is 1.50 bits per heavy atom. The van der Waals surface area contributed by atoms with E-state index in [1.165, 1.54) is 0 Å². The van der Waals surface area contributed by atoms with Crippen LogP contribution in [-0.4, -0.2) is 22.7 Å². The van der Waals surface area contributed by atoms with Crippen molar-refractivity contribution in [2.24, 2.45) is 0 Å². The molecule has 1 atom stereocenters. The van der Waals surface area contributed by atoms with Crippen LogP contribution in [0.1, 0.15) is 26.2 Å². The van der Waals surface area contributed by atoms with Gasteiger partial charge in [-0.3, -0.25) is 4.79 Å². The molecule has 0 heterocycles. The molecule has 0 aromatic rings. The minimum Gasteiger partial charge on any atom is -0.465 e. The van der Waals surface area contributed by atoms with Crippen molar-refractivity contribution in [3.8, 4) is 0 Å². The molecule has 0 saturated carbocycles. The molecule has 0 rings (SSSR count). The lowest BCUT2D eigenvalue weighted by Gasteiger charge is -2.06. The van der Waals surface area contributed by atoms with Crippen LogP contribution in [0.2, 0.25) is 0 Å². The highest BCUT2D eigenvalue weighted by atomic mass is 79.9. The molecule has 0 aliphatic carbocycles. The molecule has 0 aromatic heterocycles. The molecule has 0 radical (unpaired) electrons. The third-order valence-corrected chi connectivity index (χ3v) is 3.60. The highest BCUT2D eigenvalue weighted by molar-refractivity contribution is 9.12. The average Bonchev–Trinajstić information content (AvgIpc) is 2.10. The van der Waals surface area contributed by atoms with Crippen molar-refractivity contribution in [2.75, 3.05) is 11.9 Å². The maximum absolute atomic E-state index is 11.0. The molecule has 72 valence electrons. The van der Waals surface area contributed by atoms with E-state index < -0.39 is 0 Å². The lowest BCUT2D eigenvalue weighted by molar-refractivity contribution is -0.142. The van der Waals surface area contributed by atoms with Gasteiger partial charge in [-0.2, -0.15) is 0 Å². The number of esters is 1. The minimum atomic E-state index is -0.209. The summed E-state index contributed by atoms with van der Waals surface area (Å²) in [5.41, 5.74) is 0. The number of rotatable bonds is 6. The van der Waals surface area contributed by atoms with E-state index in [-0.39, 0.29) is 10.8 Å². The van der Waals surface area contributed by atoms with E-state index in [9.17, 15) is 4.79 Å². The standard InChI is InChI=1S/C8H14Br2O2/c1-2-3-4-5-12-8(11)7(10)6-9/h7H,2-6H2,1H3/t7-/m0/s1. The second kappa shape index (κ2) is 8.05. The van der Waals surface area contributed by atoms with Crippen molar-refractivity contribution in [2.45, 2.75) is 31.0 Å². The highest BCUT2D eigenvalue weighted by Gasteiger charge is 2.13. The Morgan fingerprint density at radius 2 is 2.17 bits per heavy atom. The number of hydrogen-bond donors (Lipinski definition) is 0. The van der Waals surface area contributed by atoms with Crippen LogP contribution < -0.4 is 0 Å². The quantitative estimate of drug-likeness (QED) is 0.428. The average molecular weight is 302 g/mol. The zero-order valence-corrected chi connectivity index (χ0v) is 10.4. The topological polar surface area (TPSA) is 26.3 Å². The van der Waals surface area contributed by atoms with Gasteiger partial charge < -0.3 is 4.74 Å². The van der Waals surface area contributed by atoms with Gasteiger partial charge >= 0.3 is 5.97 Å². The van der Waals surface area contributed by atoms with Crippen LogP contribution in [-0.2, 0) is 9.53 Å². The SMILES string of the molecule is CCCCCOC(=O)[C@@H](Br)CBr. The van der Waals surface area contributed by atoms with Gasteiger partial charge in [-0.25, -0.2) is 0 Å². The van der Waals surface area contributed by atoms with Crippen molar-refractivity contribution in [1.82, 2.24) is 0 Å². The summed E-state index contributed by atoms with van der Waals surface area (Å²) in [5.74, 6) is -0.178. The fourth-order valence-corrected chi connectivity index (χ4v) is 1.07. The Bertz CT molecular complexity index is 128. The molecule has 0 aliphatic heterocycles. The first-order valence-corrected chi connectivity index (χ1v) is 6.12. The van der Waals surface area contributed by atoms with Crippen LogP contribution >= 0.6 is 31.9 Å². The maximum Gasteiger partial charge on any atom is 0.320 e. The van der Waals surface area contributed by atoms with Crippen LogP contribution in [0.4, 0.5) is 0 Å². The molecular weight excluding hydrogens is 288 g/mol. The Balaban J connectivity index is 3.31. The Hall–Kier alpha value is 0.430. The molecule has 0 N–H and O–H groups in total. The molecule has 0 aromatic carbocycles. The van der Waals surface area contributed by atoms with Crippen molar-refractivity contribution in [3.63, 3.8) is 0 Å². The predicted molar refractivity (Wildman–Crippen MR) is 57.0 cm³/mol.